The van der Waals surface area contributed by atoms with Crippen LogP contribution >= 0.6 is 0 Å². The van der Waals surface area contributed by atoms with Gasteiger partial charge in [0.05, 0.1) is 11.9 Å². The second-order valence-corrected chi connectivity index (χ2v) is 7.06. The molecule has 32 heavy (non-hydrogen) atoms. The minimum absolute atomic E-state index is 0.0928. The van der Waals surface area contributed by atoms with Gasteiger partial charge in [-0.1, -0.05) is 6.07 Å². The summed E-state index contributed by atoms with van der Waals surface area (Å²) >= 11 is 0. The number of aliphatic hydroxyl groups excluding tert-OH is 1. The van der Waals surface area contributed by atoms with Crippen LogP contribution < -0.4 is 21.3 Å². The number of halogens is 3. The lowest BCUT2D eigenvalue weighted by Gasteiger charge is -2.15. The van der Waals surface area contributed by atoms with Gasteiger partial charge in [0.2, 0.25) is 5.91 Å². The van der Waals surface area contributed by atoms with Gasteiger partial charge in [-0.15, -0.1) is 0 Å². The van der Waals surface area contributed by atoms with Crippen molar-refractivity contribution in [2.45, 2.75) is 18.8 Å². The summed E-state index contributed by atoms with van der Waals surface area (Å²) in [5, 5.41) is 12.3. The van der Waals surface area contributed by atoms with Gasteiger partial charge in [0, 0.05) is 20.6 Å². The van der Waals surface area contributed by atoms with E-state index in [9.17, 15) is 32.7 Å². The number of benzene rings is 1. The Bertz CT molecular complexity index is 1260. The second-order valence-electron chi connectivity index (χ2n) is 7.06. The van der Waals surface area contributed by atoms with E-state index in [2.05, 4.69) is 10.3 Å². The molecule has 1 atom stereocenters. The Labute approximate surface area is 178 Å². The molecule has 1 aromatic carbocycles. The Kier molecular flexibility index (Phi) is 6.39. The molecule has 10 nitrogen and oxygen atoms in total. The topological polar surface area (TPSA) is 120 Å². The zero-order valence-corrected chi connectivity index (χ0v) is 17.1. The molecule has 3 aromatic rings. The lowest BCUT2D eigenvalue weighted by atomic mass is 10.2. The summed E-state index contributed by atoms with van der Waals surface area (Å²) in [6.07, 6.45) is -4.40. The number of imidazole rings is 1. The van der Waals surface area contributed by atoms with Gasteiger partial charge in [-0.2, -0.15) is 13.2 Å². The van der Waals surface area contributed by atoms with E-state index in [0.717, 1.165) is 21.3 Å². The summed E-state index contributed by atoms with van der Waals surface area (Å²) in [6, 6.07) is 4.15. The minimum Gasteiger partial charge on any atom is -0.491 e. The molecule has 0 radical (unpaired) electrons. The molecule has 2 N–H and O–H groups in total. The SMILES string of the molecule is Cn1cnc2c1c(=O)n(CC(=O)NCC(O)COc1cccc(C(F)(F)F)c1)c(=O)n2C. The van der Waals surface area contributed by atoms with Gasteiger partial charge in [-0.3, -0.25) is 14.2 Å². The molecule has 172 valence electrons. The van der Waals surface area contributed by atoms with Crippen molar-refractivity contribution in [3.8, 4) is 5.75 Å². The fourth-order valence-electron chi connectivity index (χ4n) is 2.98. The van der Waals surface area contributed by atoms with E-state index in [-0.39, 0.29) is 30.1 Å². The van der Waals surface area contributed by atoms with Crippen LogP contribution in [0.25, 0.3) is 11.2 Å². The highest BCUT2D eigenvalue weighted by Gasteiger charge is 2.30. The van der Waals surface area contributed by atoms with E-state index >= 15 is 0 Å². The fraction of sp³-hybridized carbons (Fsp3) is 0.368. The lowest BCUT2D eigenvalue weighted by molar-refractivity contribution is -0.137. The number of carbonyl (C=O) groups is 1. The number of aryl methyl sites for hydroxylation is 2. The molecule has 0 aliphatic rings. The maximum absolute atomic E-state index is 12.7. The van der Waals surface area contributed by atoms with Gasteiger partial charge in [0.15, 0.2) is 11.2 Å². The molecule has 0 spiro atoms. The number of nitrogens with zero attached hydrogens (tertiary/aromatic N) is 4. The standard InChI is InChI=1S/C19H20F3N5O5/c1-25-10-24-16-15(25)17(30)27(18(31)26(16)2)8-14(29)23-7-12(28)9-32-13-5-3-4-11(6-13)19(20,21)22/h3-6,10,12,28H,7-9H2,1-2H3,(H,23,29). The quantitative estimate of drug-likeness (QED) is 0.518. The first-order valence-corrected chi connectivity index (χ1v) is 9.34. The molecule has 0 saturated heterocycles. The number of ether oxygens (including phenoxy) is 1. The van der Waals surface area contributed by atoms with Gasteiger partial charge < -0.3 is 19.7 Å². The molecule has 2 aromatic heterocycles. The van der Waals surface area contributed by atoms with Crippen molar-refractivity contribution in [1.29, 1.82) is 0 Å². The maximum Gasteiger partial charge on any atom is 0.416 e. The van der Waals surface area contributed by atoms with Crippen molar-refractivity contribution < 1.29 is 27.8 Å². The predicted octanol–water partition coefficient (Wildman–Crippen LogP) is 0.00860. The number of hydrogen-bond donors (Lipinski definition) is 2. The van der Waals surface area contributed by atoms with Crippen molar-refractivity contribution in [3.05, 3.63) is 57.0 Å². The summed E-state index contributed by atoms with van der Waals surface area (Å²) in [7, 11) is 2.99. The highest BCUT2D eigenvalue weighted by Crippen LogP contribution is 2.31. The Morgan fingerprint density at radius 1 is 1.28 bits per heavy atom. The predicted molar refractivity (Wildman–Crippen MR) is 106 cm³/mol. The second kappa shape index (κ2) is 8.86. The Balaban J connectivity index is 1.59. The summed E-state index contributed by atoms with van der Waals surface area (Å²) in [5.41, 5.74) is -1.98. The first-order chi connectivity index (χ1) is 15.0. The molecular formula is C19H20F3N5O5. The number of carbonyl (C=O) groups excluding carboxylic acids is 1. The van der Waals surface area contributed by atoms with E-state index in [1.54, 1.807) is 7.05 Å². The highest BCUT2D eigenvalue weighted by molar-refractivity contribution is 5.76. The molecule has 0 saturated carbocycles. The highest BCUT2D eigenvalue weighted by atomic mass is 19.4. The smallest absolute Gasteiger partial charge is 0.416 e. The van der Waals surface area contributed by atoms with Crippen molar-refractivity contribution in [3.63, 3.8) is 0 Å². The number of hydrogen-bond acceptors (Lipinski definition) is 6. The Morgan fingerprint density at radius 3 is 2.69 bits per heavy atom. The zero-order valence-electron chi connectivity index (χ0n) is 17.1. The Morgan fingerprint density at radius 2 is 2.00 bits per heavy atom. The fourth-order valence-corrected chi connectivity index (χ4v) is 2.98. The number of rotatable bonds is 7. The van der Waals surface area contributed by atoms with Gasteiger partial charge in [0.1, 0.15) is 25.0 Å². The van der Waals surface area contributed by atoms with Crippen LogP contribution in [0.15, 0.2) is 40.2 Å². The lowest BCUT2D eigenvalue weighted by Crippen LogP contribution is -2.45. The number of alkyl halides is 3. The summed E-state index contributed by atoms with van der Waals surface area (Å²) in [5.74, 6) is -0.812. The van der Waals surface area contributed by atoms with E-state index in [0.29, 0.717) is 0 Å². The molecule has 2 heterocycles. The van der Waals surface area contributed by atoms with Crippen LogP contribution in [-0.4, -0.2) is 49.0 Å². The van der Waals surface area contributed by atoms with Gasteiger partial charge in [-0.25, -0.2) is 14.3 Å². The molecule has 0 aliphatic heterocycles. The van der Waals surface area contributed by atoms with Crippen LogP contribution in [0.3, 0.4) is 0 Å². The van der Waals surface area contributed by atoms with Crippen molar-refractivity contribution in [2.24, 2.45) is 14.1 Å². The van der Waals surface area contributed by atoms with Gasteiger partial charge in [-0.05, 0) is 18.2 Å². The first-order valence-electron chi connectivity index (χ1n) is 9.34. The number of aliphatic hydroxyl groups is 1. The average molecular weight is 455 g/mol. The molecule has 3 rings (SSSR count). The third-order valence-electron chi connectivity index (χ3n) is 4.64. The van der Waals surface area contributed by atoms with Crippen LogP contribution in [0.4, 0.5) is 13.2 Å². The van der Waals surface area contributed by atoms with Crippen molar-refractivity contribution in [1.82, 2.24) is 24.0 Å². The monoisotopic (exact) mass is 455 g/mol. The Hall–Kier alpha value is -3.61. The third-order valence-corrected chi connectivity index (χ3v) is 4.64. The van der Waals surface area contributed by atoms with Crippen molar-refractivity contribution >= 4 is 17.1 Å². The molecule has 0 fully saturated rings. The minimum atomic E-state index is -4.53. The van der Waals surface area contributed by atoms with Crippen LogP contribution in [0.1, 0.15) is 5.56 Å². The summed E-state index contributed by atoms with van der Waals surface area (Å²) in [4.78, 5) is 41.2. The molecule has 0 aliphatic carbocycles. The van der Waals surface area contributed by atoms with Gasteiger partial charge >= 0.3 is 11.9 Å². The average Bonchev–Trinajstić information content (AvgIpc) is 3.13. The normalized spacial score (nSPS) is 12.7. The van der Waals surface area contributed by atoms with Crippen LogP contribution in [0.5, 0.6) is 5.75 Å². The third kappa shape index (κ3) is 4.82. The largest absolute Gasteiger partial charge is 0.491 e. The number of nitrogens with one attached hydrogen (secondary N) is 1. The van der Waals surface area contributed by atoms with E-state index in [4.69, 9.17) is 4.74 Å². The van der Waals surface area contributed by atoms with Crippen molar-refractivity contribution in [2.75, 3.05) is 13.2 Å². The number of amides is 1. The van der Waals surface area contributed by atoms with Crippen LogP contribution in [0.2, 0.25) is 0 Å². The van der Waals surface area contributed by atoms with E-state index < -0.39 is 41.5 Å². The summed E-state index contributed by atoms with van der Waals surface area (Å²) in [6.45, 7) is -1.28. The van der Waals surface area contributed by atoms with Gasteiger partial charge in [0.25, 0.3) is 5.56 Å². The molecule has 1 unspecified atom stereocenters. The number of fused-ring (bicyclic) bond motifs is 1. The summed E-state index contributed by atoms with van der Waals surface area (Å²) < 4.78 is 46.6. The van der Waals surface area contributed by atoms with Crippen LogP contribution in [0, 0.1) is 0 Å². The van der Waals surface area contributed by atoms with Crippen LogP contribution in [-0.2, 0) is 31.6 Å². The molecular weight excluding hydrogens is 435 g/mol. The number of aromatic nitrogens is 4. The van der Waals surface area contributed by atoms with E-state index in [1.807, 2.05) is 0 Å². The molecule has 13 heteroatoms. The first kappa shape index (κ1) is 23.1. The van der Waals surface area contributed by atoms with E-state index in [1.165, 1.54) is 30.1 Å². The molecule has 0 bridgehead atoms. The zero-order chi connectivity index (χ0) is 23.6. The molecule has 1 amide bonds. The maximum atomic E-state index is 12.7.